The van der Waals surface area contributed by atoms with Gasteiger partial charge in [0.1, 0.15) is 0 Å². The summed E-state index contributed by atoms with van der Waals surface area (Å²) in [6.45, 7) is 0.711. The van der Waals surface area contributed by atoms with E-state index in [1.807, 2.05) is 6.07 Å². The van der Waals surface area contributed by atoms with Crippen molar-refractivity contribution in [2.75, 3.05) is 6.54 Å². The van der Waals surface area contributed by atoms with Gasteiger partial charge in [-0.05, 0) is 31.2 Å². The van der Waals surface area contributed by atoms with Crippen LogP contribution in [0.1, 0.15) is 4.88 Å². The number of hydrogen-bond donors (Lipinski definition) is 2. The van der Waals surface area contributed by atoms with E-state index >= 15 is 0 Å². The number of nitrogens with zero attached hydrogens (tertiary/aromatic N) is 1. The molecule has 0 bridgehead atoms. The lowest BCUT2D eigenvalue weighted by Crippen LogP contribution is -2.00. The summed E-state index contributed by atoms with van der Waals surface area (Å²) >= 11 is 1.76. The van der Waals surface area contributed by atoms with Gasteiger partial charge in [0.25, 0.3) is 0 Å². The summed E-state index contributed by atoms with van der Waals surface area (Å²) in [5.74, 6) is 0. The van der Waals surface area contributed by atoms with Gasteiger partial charge in [0.05, 0.1) is 10.6 Å². The first kappa shape index (κ1) is 8.47. The molecule has 0 aliphatic rings. The lowest BCUT2D eigenvalue weighted by atomic mass is 10.3. The summed E-state index contributed by atoms with van der Waals surface area (Å²) in [6, 6.07) is 6.19. The molecule has 0 unspecified atom stereocenters. The van der Waals surface area contributed by atoms with Crippen LogP contribution in [0.5, 0.6) is 0 Å². The summed E-state index contributed by atoms with van der Waals surface area (Å²) in [7, 11) is 0. The van der Waals surface area contributed by atoms with Gasteiger partial charge in [0, 0.05) is 11.1 Å². The van der Waals surface area contributed by atoms with Crippen LogP contribution < -0.4 is 5.73 Å². The average Bonchev–Trinajstić information content (AvgIpc) is 2.70. The fraction of sp³-hybridized carbons (Fsp3) is 0.222. The van der Waals surface area contributed by atoms with E-state index in [4.69, 9.17) is 5.73 Å². The van der Waals surface area contributed by atoms with E-state index in [-0.39, 0.29) is 0 Å². The number of rotatable bonds is 3. The fourth-order valence-corrected chi connectivity index (χ4v) is 2.19. The minimum absolute atomic E-state index is 0.711. The van der Waals surface area contributed by atoms with E-state index in [9.17, 15) is 0 Å². The van der Waals surface area contributed by atoms with Crippen LogP contribution in [0.15, 0.2) is 24.4 Å². The van der Waals surface area contributed by atoms with Gasteiger partial charge in [-0.25, -0.2) is 0 Å². The molecule has 0 atom stereocenters. The van der Waals surface area contributed by atoms with Crippen LogP contribution in [-0.2, 0) is 6.42 Å². The molecule has 13 heavy (non-hydrogen) atoms. The van der Waals surface area contributed by atoms with Crippen LogP contribution in [0.25, 0.3) is 10.6 Å². The molecule has 0 saturated carbocycles. The van der Waals surface area contributed by atoms with Gasteiger partial charge in [-0.15, -0.1) is 11.3 Å². The molecule has 2 heterocycles. The van der Waals surface area contributed by atoms with E-state index < -0.39 is 0 Å². The summed E-state index contributed by atoms with van der Waals surface area (Å²) in [6.07, 6.45) is 2.72. The highest BCUT2D eigenvalue weighted by atomic mass is 32.1. The van der Waals surface area contributed by atoms with Crippen molar-refractivity contribution in [3.05, 3.63) is 29.3 Å². The van der Waals surface area contributed by atoms with Crippen molar-refractivity contribution in [3.63, 3.8) is 0 Å². The molecule has 0 spiro atoms. The Bertz CT molecular complexity index is 364. The first-order valence-electron chi connectivity index (χ1n) is 4.18. The topological polar surface area (TPSA) is 54.7 Å². The SMILES string of the molecule is NCCc1ccc(-c2ccn[nH]2)s1. The van der Waals surface area contributed by atoms with Crippen LogP contribution >= 0.6 is 11.3 Å². The Morgan fingerprint density at radius 3 is 3.00 bits per heavy atom. The van der Waals surface area contributed by atoms with Gasteiger partial charge in [0.2, 0.25) is 0 Å². The number of hydrogen-bond acceptors (Lipinski definition) is 3. The molecule has 2 aromatic heterocycles. The Hall–Kier alpha value is -1.13. The maximum absolute atomic E-state index is 5.47. The Morgan fingerprint density at radius 1 is 1.38 bits per heavy atom. The molecule has 3 nitrogen and oxygen atoms in total. The van der Waals surface area contributed by atoms with Gasteiger partial charge in [-0.2, -0.15) is 5.10 Å². The average molecular weight is 193 g/mol. The minimum Gasteiger partial charge on any atom is -0.330 e. The Balaban J connectivity index is 2.23. The second-order valence-corrected chi connectivity index (χ2v) is 3.94. The van der Waals surface area contributed by atoms with Gasteiger partial charge in [-0.3, -0.25) is 5.10 Å². The first-order valence-corrected chi connectivity index (χ1v) is 5.00. The number of H-pyrrole nitrogens is 1. The molecule has 68 valence electrons. The summed E-state index contributed by atoms with van der Waals surface area (Å²) < 4.78 is 0. The lowest BCUT2D eigenvalue weighted by Gasteiger charge is -1.90. The first-order chi connectivity index (χ1) is 6.40. The van der Waals surface area contributed by atoms with Crippen LogP contribution in [0.4, 0.5) is 0 Å². The normalized spacial score (nSPS) is 10.5. The highest BCUT2D eigenvalue weighted by Crippen LogP contribution is 2.26. The number of thiophene rings is 1. The molecular formula is C9H11N3S. The van der Waals surface area contributed by atoms with Crippen LogP contribution in [0.3, 0.4) is 0 Å². The van der Waals surface area contributed by atoms with E-state index in [0.29, 0.717) is 6.54 Å². The van der Waals surface area contributed by atoms with Gasteiger partial charge >= 0.3 is 0 Å². The monoisotopic (exact) mass is 193 g/mol. The summed E-state index contributed by atoms with van der Waals surface area (Å²) in [5, 5.41) is 6.85. The number of nitrogens with two attached hydrogens (primary N) is 1. The minimum atomic E-state index is 0.711. The molecule has 0 saturated heterocycles. The van der Waals surface area contributed by atoms with Crippen molar-refractivity contribution < 1.29 is 0 Å². The van der Waals surface area contributed by atoms with E-state index in [0.717, 1.165) is 12.1 Å². The molecule has 3 N–H and O–H groups in total. The van der Waals surface area contributed by atoms with Crippen LogP contribution in [0.2, 0.25) is 0 Å². The van der Waals surface area contributed by atoms with Crippen molar-refractivity contribution in [1.29, 1.82) is 0 Å². The molecule has 2 aromatic rings. The second-order valence-electron chi connectivity index (χ2n) is 2.77. The summed E-state index contributed by atoms with van der Waals surface area (Å²) in [5.41, 5.74) is 6.55. The third-order valence-electron chi connectivity index (χ3n) is 1.82. The van der Waals surface area contributed by atoms with E-state index in [1.165, 1.54) is 9.75 Å². The summed E-state index contributed by atoms with van der Waals surface area (Å²) in [4.78, 5) is 2.55. The van der Waals surface area contributed by atoms with E-state index in [1.54, 1.807) is 17.5 Å². The molecular weight excluding hydrogens is 182 g/mol. The van der Waals surface area contributed by atoms with Crippen molar-refractivity contribution >= 4 is 11.3 Å². The number of aromatic nitrogens is 2. The Morgan fingerprint density at radius 2 is 2.31 bits per heavy atom. The predicted molar refractivity (Wildman–Crippen MR) is 54.7 cm³/mol. The second kappa shape index (κ2) is 3.72. The highest BCUT2D eigenvalue weighted by molar-refractivity contribution is 7.15. The maximum atomic E-state index is 5.47. The van der Waals surface area contributed by atoms with E-state index in [2.05, 4.69) is 22.3 Å². The quantitative estimate of drug-likeness (QED) is 0.778. The molecule has 0 aliphatic carbocycles. The molecule has 0 fully saturated rings. The zero-order chi connectivity index (χ0) is 9.10. The number of aromatic amines is 1. The molecule has 4 heteroatoms. The van der Waals surface area contributed by atoms with Crippen molar-refractivity contribution in [2.24, 2.45) is 5.73 Å². The fourth-order valence-electron chi connectivity index (χ4n) is 1.19. The third kappa shape index (κ3) is 1.79. The van der Waals surface area contributed by atoms with Crippen molar-refractivity contribution in [1.82, 2.24) is 10.2 Å². The maximum Gasteiger partial charge on any atom is 0.0749 e. The standard InChI is InChI=1S/C9H11N3S/c10-5-3-7-1-2-9(13-7)8-4-6-11-12-8/h1-2,4,6H,3,5,10H2,(H,11,12). The molecule has 0 radical (unpaired) electrons. The largest absolute Gasteiger partial charge is 0.330 e. The smallest absolute Gasteiger partial charge is 0.0749 e. The number of nitrogens with one attached hydrogen (secondary N) is 1. The molecule has 0 aromatic carbocycles. The lowest BCUT2D eigenvalue weighted by molar-refractivity contribution is 0.989. The predicted octanol–water partition coefficient (Wildman–Crippen LogP) is 1.64. The Kier molecular flexibility index (Phi) is 2.42. The molecule has 0 amide bonds. The zero-order valence-electron chi connectivity index (χ0n) is 7.16. The zero-order valence-corrected chi connectivity index (χ0v) is 7.97. The van der Waals surface area contributed by atoms with Gasteiger partial charge < -0.3 is 5.73 Å². The van der Waals surface area contributed by atoms with Crippen LogP contribution in [-0.4, -0.2) is 16.7 Å². The molecule has 0 aliphatic heterocycles. The molecule has 2 rings (SSSR count). The highest BCUT2D eigenvalue weighted by Gasteiger charge is 2.02. The van der Waals surface area contributed by atoms with Crippen LogP contribution in [0, 0.1) is 0 Å². The van der Waals surface area contributed by atoms with Gasteiger partial charge in [-0.1, -0.05) is 0 Å². The van der Waals surface area contributed by atoms with Crippen molar-refractivity contribution in [3.8, 4) is 10.6 Å². The Labute approximate surface area is 80.6 Å². The van der Waals surface area contributed by atoms with Crippen molar-refractivity contribution in [2.45, 2.75) is 6.42 Å². The van der Waals surface area contributed by atoms with Gasteiger partial charge in [0.15, 0.2) is 0 Å². The third-order valence-corrected chi connectivity index (χ3v) is 3.00.